The lowest BCUT2D eigenvalue weighted by Gasteiger charge is -2.34. The molecule has 6 nitrogen and oxygen atoms in total. The average Bonchev–Trinajstić information content (AvgIpc) is 2.51. The maximum Gasteiger partial charge on any atom is 0.236 e. The molecule has 1 aliphatic rings. The lowest BCUT2D eigenvalue weighted by Crippen LogP contribution is -2.48. The molecular weight excluding hydrogens is 304 g/mol. The number of amides is 2. The molecule has 6 heteroatoms. The van der Waals surface area contributed by atoms with Gasteiger partial charge in [-0.2, -0.15) is 0 Å². The Morgan fingerprint density at radius 3 is 2.38 bits per heavy atom. The van der Waals surface area contributed by atoms with Crippen LogP contribution < -0.4 is 11.1 Å². The summed E-state index contributed by atoms with van der Waals surface area (Å²) in [6.07, 6.45) is 1.85. The second kappa shape index (κ2) is 10.7. The van der Waals surface area contributed by atoms with Crippen LogP contribution in [0.5, 0.6) is 0 Å². The molecule has 0 saturated carbocycles. The fraction of sp³-hybridized carbons (Fsp3) is 0.889. The highest BCUT2D eigenvalue weighted by Gasteiger charge is 2.28. The van der Waals surface area contributed by atoms with E-state index in [1.807, 2.05) is 4.90 Å². The SMILES string of the molecule is CC(C)CN(CC(C)C)C(=O)CN1CCCC(C(=O)NCCN)C1. The van der Waals surface area contributed by atoms with Gasteiger partial charge in [-0.25, -0.2) is 0 Å². The number of piperidine rings is 1. The van der Waals surface area contributed by atoms with Gasteiger partial charge in [-0.3, -0.25) is 14.5 Å². The molecule has 1 saturated heterocycles. The second-order valence-corrected chi connectivity index (χ2v) is 7.74. The Kier molecular flexibility index (Phi) is 9.29. The minimum absolute atomic E-state index is 0.0262. The molecule has 140 valence electrons. The number of likely N-dealkylation sites (tertiary alicyclic amines) is 1. The van der Waals surface area contributed by atoms with Crippen molar-refractivity contribution in [3.63, 3.8) is 0 Å². The lowest BCUT2D eigenvalue weighted by molar-refractivity contribution is -0.135. The first-order chi connectivity index (χ1) is 11.3. The van der Waals surface area contributed by atoms with Crippen LogP contribution in [0.3, 0.4) is 0 Å². The normalized spacial score (nSPS) is 18.9. The van der Waals surface area contributed by atoms with Crippen molar-refractivity contribution in [1.82, 2.24) is 15.1 Å². The molecule has 0 aromatic heterocycles. The quantitative estimate of drug-likeness (QED) is 0.654. The van der Waals surface area contributed by atoms with E-state index in [0.717, 1.165) is 32.5 Å². The zero-order chi connectivity index (χ0) is 18.1. The van der Waals surface area contributed by atoms with Crippen LogP contribution in [0.15, 0.2) is 0 Å². The lowest BCUT2D eigenvalue weighted by atomic mass is 9.97. The number of carbonyl (C=O) groups excluding carboxylic acids is 2. The topological polar surface area (TPSA) is 78.7 Å². The van der Waals surface area contributed by atoms with E-state index in [1.54, 1.807) is 0 Å². The Labute approximate surface area is 147 Å². The summed E-state index contributed by atoms with van der Waals surface area (Å²) in [6.45, 7) is 13.1. The summed E-state index contributed by atoms with van der Waals surface area (Å²) in [6, 6.07) is 0. The maximum absolute atomic E-state index is 12.7. The number of hydrogen-bond donors (Lipinski definition) is 2. The first-order valence-electron chi connectivity index (χ1n) is 9.31. The Balaban J connectivity index is 2.55. The Hall–Kier alpha value is -1.14. The van der Waals surface area contributed by atoms with Crippen molar-refractivity contribution in [3.8, 4) is 0 Å². The number of nitrogens with zero attached hydrogens (tertiary/aromatic N) is 2. The fourth-order valence-electron chi connectivity index (χ4n) is 3.20. The van der Waals surface area contributed by atoms with E-state index in [-0.39, 0.29) is 17.7 Å². The van der Waals surface area contributed by atoms with Gasteiger partial charge in [0.1, 0.15) is 0 Å². The molecule has 1 atom stereocenters. The highest BCUT2D eigenvalue weighted by atomic mass is 16.2. The van der Waals surface area contributed by atoms with Crippen molar-refractivity contribution in [2.24, 2.45) is 23.5 Å². The predicted octanol–water partition coefficient (Wildman–Crippen LogP) is 0.914. The highest BCUT2D eigenvalue weighted by Crippen LogP contribution is 2.17. The van der Waals surface area contributed by atoms with Crippen molar-refractivity contribution >= 4 is 11.8 Å². The van der Waals surface area contributed by atoms with Crippen LogP contribution >= 0.6 is 0 Å². The van der Waals surface area contributed by atoms with Gasteiger partial charge in [0, 0.05) is 32.7 Å². The van der Waals surface area contributed by atoms with Crippen LogP contribution in [0.2, 0.25) is 0 Å². The summed E-state index contributed by atoms with van der Waals surface area (Å²) in [5.41, 5.74) is 5.44. The minimum Gasteiger partial charge on any atom is -0.355 e. The molecule has 0 radical (unpaired) electrons. The molecule has 1 fully saturated rings. The fourth-order valence-corrected chi connectivity index (χ4v) is 3.20. The van der Waals surface area contributed by atoms with Crippen molar-refractivity contribution in [2.45, 2.75) is 40.5 Å². The summed E-state index contributed by atoms with van der Waals surface area (Å²) >= 11 is 0. The van der Waals surface area contributed by atoms with Crippen molar-refractivity contribution in [2.75, 3.05) is 45.8 Å². The summed E-state index contributed by atoms with van der Waals surface area (Å²) in [4.78, 5) is 28.9. The van der Waals surface area contributed by atoms with Gasteiger partial charge in [-0.1, -0.05) is 27.7 Å². The van der Waals surface area contributed by atoms with Crippen LogP contribution in [-0.2, 0) is 9.59 Å². The van der Waals surface area contributed by atoms with Crippen molar-refractivity contribution < 1.29 is 9.59 Å². The summed E-state index contributed by atoms with van der Waals surface area (Å²) in [5.74, 6) is 1.15. The van der Waals surface area contributed by atoms with Gasteiger partial charge in [0.25, 0.3) is 0 Å². The molecule has 1 unspecified atom stereocenters. The third-order valence-corrected chi connectivity index (χ3v) is 4.20. The van der Waals surface area contributed by atoms with E-state index < -0.39 is 0 Å². The van der Waals surface area contributed by atoms with Crippen LogP contribution in [0, 0.1) is 17.8 Å². The second-order valence-electron chi connectivity index (χ2n) is 7.74. The molecule has 1 rings (SSSR count). The largest absolute Gasteiger partial charge is 0.355 e. The van der Waals surface area contributed by atoms with E-state index in [0.29, 0.717) is 38.0 Å². The zero-order valence-electron chi connectivity index (χ0n) is 15.9. The van der Waals surface area contributed by atoms with Gasteiger partial charge in [0.2, 0.25) is 11.8 Å². The van der Waals surface area contributed by atoms with Crippen molar-refractivity contribution in [3.05, 3.63) is 0 Å². The number of hydrogen-bond acceptors (Lipinski definition) is 4. The van der Waals surface area contributed by atoms with Gasteiger partial charge in [-0.05, 0) is 31.2 Å². The average molecular weight is 341 g/mol. The van der Waals surface area contributed by atoms with Gasteiger partial charge < -0.3 is 16.0 Å². The third kappa shape index (κ3) is 7.62. The molecule has 0 aromatic rings. The minimum atomic E-state index is -0.0262. The standard InChI is InChI=1S/C18H36N4O2/c1-14(2)10-22(11-15(3)4)17(23)13-21-9-5-6-16(12-21)18(24)20-8-7-19/h14-16H,5-13,19H2,1-4H3,(H,20,24). The summed E-state index contributed by atoms with van der Waals surface area (Å²) in [5, 5.41) is 2.86. The Bertz CT molecular complexity index is 388. The molecule has 1 aliphatic heterocycles. The number of rotatable bonds is 9. The molecule has 0 aliphatic carbocycles. The number of nitrogens with two attached hydrogens (primary N) is 1. The molecule has 0 spiro atoms. The maximum atomic E-state index is 12.7. The first kappa shape index (κ1) is 20.9. The molecule has 24 heavy (non-hydrogen) atoms. The van der Waals surface area contributed by atoms with Gasteiger partial charge in [-0.15, -0.1) is 0 Å². The predicted molar refractivity (Wildman–Crippen MR) is 97.5 cm³/mol. The van der Waals surface area contributed by atoms with E-state index in [2.05, 4.69) is 37.9 Å². The van der Waals surface area contributed by atoms with E-state index >= 15 is 0 Å². The first-order valence-corrected chi connectivity index (χ1v) is 9.31. The molecule has 0 bridgehead atoms. The summed E-state index contributed by atoms with van der Waals surface area (Å²) in [7, 11) is 0. The molecule has 0 aromatic carbocycles. The van der Waals surface area contributed by atoms with E-state index in [4.69, 9.17) is 5.73 Å². The van der Waals surface area contributed by atoms with Crippen molar-refractivity contribution in [1.29, 1.82) is 0 Å². The van der Waals surface area contributed by atoms with Crippen LogP contribution in [0.4, 0.5) is 0 Å². The van der Waals surface area contributed by atoms with Crippen LogP contribution in [0.1, 0.15) is 40.5 Å². The van der Waals surface area contributed by atoms with Gasteiger partial charge in [0.05, 0.1) is 12.5 Å². The summed E-state index contributed by atoms with van der Waals surface area (Å²) < 4.78 is 0. The molecule has 1 heterocycles. The Morgan fingerprint density at radius 2 is 1.83 bits per heavy atom. The Morgan fingerprint density at radius 1 is 1.21 bits per heavy atom. The number of carbonyl (C=O) groups is 2. The zero-order valence-corrected chi connectivity index (χ0v) is 15.9. The third-order valence-electron chi connectivity index (χ3n) is 4.20. The van der Waals surface area contributed by atoms with Gasteiger partial charge >= 0.3 is 0 Å². The smallest absolute Gasteiger partial charge is 0.236 e. The highest BCUT2D eigenvalue weighted by molar-refractivity contribution is 5.80. The van der Waals surface area contributed by atoms with E-state index in [1.165, 1.54) is 0 Å². The molecule has 3 N–H and O–H groups in total. The molecular formula is C18H36N4O2. The van der Waals surface area contributed by atoms with Crippen LogP contribution in [0.25, 0.3) is 0 Å². The van der Waals surface area contributed by atoms with Gasteiger partial charge in [0.15, 0.2) is 0 Å². The molecule has 2 amide bonds. The van der Waals surface area contributed by atoms with E-state index in [9.17, 15) is 9.59 Å². The number of nitrogens with one attached hydrogen (secondary N) is 1. The van der Waals surface area contributed by atoms with Crippen LogP contribution in [-0.4, -0.2) is 67.4 Å². The monoisotopic (exact) mass is 340 g/mol.